The van der Waals surface area contributed by atoms with Gasteiger partial charge in [-0.3, -0.25) is 0 Å². The molecule has 0 saturated carbocycles. The van der Waals surface area contributed by atoms with Crippen LogP contribution in [0.4, 0.5) is 0 Å². The topological polar surface area (TPSA) is 0 Å². The minimum Gasteiger partial charge on any atom is -0.0622 e. The minimum absolute atomic E-state index is 1.20. The van der Waals surface area contributed by atoms with Gasteiger partial charge in [-0.1, -0.05) is 164 Å². The maximum Gasteiger partial charge on any atom is -0.00264 e. The lowest BCUT2D eigenvalue weighted by Gasteiger charge is -2.20. The maximum atomic E-state index is 2.36. The summed E-state index contributed by atoms with van der Waals surface area (Å²) in [6.07, 6.45) is 0. The second-order valence-corrected chi connectivity index (χ2v) is 11.3. The molecule has 44 heavy (non-hydrogen) atoms. The molecule has 0 aliphatic rings. The molecule has 0 unspecified atom stereocenters. The third-order valence-electron chi connectivity index (χ3n) is 8.65. The van der Waals surface area contributed by atoms with Gasteiger partial charge in [-0.15, -0.1) is 0 Å². The third kappa shape index (κ3) is 4.68. The molecule has 0 nitrogen and oxygen atoms in total. The van der Waals surface area contributed by atoms with Crippen LogP contribution < -0.4 is 0 Å². The van der Waals surface area contributed by atoms with Gasteiger partial charge in [-0.2, -0.15) is 0 Å². The molecular formula is C44H30. The Morgan fingerprint density at radius 1 is 0.227 bits per heavy atom. The molecular weight excluding hydrogens is 528 g/mol. The molecule has 8 aromatic rings. The molecule has 0 atom stereocenters. The molecule has 0 fully saturated rings. The van der Waals surface area contributed by atoms with Crippen molar-refractivity contribution in [1.29, 1.82) is 0 Å². The molecule has 0 N–H and O–H groups in total. The molecule has 0 saturated heterocycles. The Morgan fingerprint density at radius 3 is 1.09 bits per heavy atom. The smallest absolute Gasteiger partial charge is 0.00264 e. The van der Waals surface area contributed by atoms with Crippen LogP contribution in [-0.4, -0.2) is 0 Å². The summed E-state index contributed by atoms with van der Waals surface area (Å²) < 4.78 is 0. The van der Waals surface area contributed by atoms with Gasteiger partial charge in [-0.05, 0) is 95.4 Å². The van der Waals surface area contributed by atoms with Crippen molar-refractivity contribution in [2.24, 2.45) is 0 Å². The first-order valence-corrected chi connectivity index (χ1v) is 15.2. The quantitative estimate of drug-likeness (QED) is 0.184. The molecule has 0 spiro atoms. The van der Waals surface area contributed by atoms with Gasteiger partial charge in [0.05, 0.1) is 0 Å². The first-order valence-electron chi connectivity index (χ1n) is 15.2. The second kappa shape index (κ2) is 11.2. The van der Waals surface area contributed by atoms with Crippen molar-refractivity contribution in [1.82, 2.24) is 0 Å². The molecule has 8 aromatic carbocycles. The van der Waals surface area contributed by atoms with Crippen LogP contribution in [0.2, 0.25) is 0 Å². The maximum absolute atomic E-state index is 2.36. The van der Waals surface area contributed by atoms with Crippen LogP contribution in [-0.2, 0) is 0 Å². The van der Waals surface area contributed by atoms with Gasteiger partial charge in [0.25, 0.3) is 0 Å². The average molecular weight is 559 g/mol. The van der Waals surface area contributed by atoms with E-state index in [1.807, 2.05) is 0 Å². The van der Waals surface area contributed by atoms with Crippen LogP contribution in [0.25, 0.3) is 77.2 Å². The Hall–Kier alpha value is -5.72. The predicted molar refractivity (Wildman–Crippen MR) is 189 cm³/mol. The highest BCUT2D eigenvalue weighted by atomic mass is 14.2. The Balaban J connectivity index is 1.38. The molecule has 0 aliphatic carbocycles. The Bertz CT molecular complexity index is 2110. The van der Waals surface area contributed by atoms with Gasteiger partial charge in [0, 0.05) is 0 Å². The van der Waals surface area contributed by atoms with Gasteiger partial charge in [-0.25, -0.2) is 0 Å². The molecule has 0 amide bonds. The highest BCUT2D eigenvalue weighted by Gasteiger charge is 2.18. The van der Waals surface area contributed by atoms with Crippen molar-refractivity contribution in [3.8, 4) is 55.6 Å². The van der Waals surface area contributed by atoms with Crippen LogP contribution in [0.15, 0.2) is 182 Å². The van der Waals surface area contributed by atoms with E-state index >= 15 is 0 Å². The van der Waals surface area contributed by atoms with E-state index < -0.39 is 0 Å². The Labute approximate surface area is 258 Å². The summed E-state index contributed by atoms with van der Waals surface area (Å²) >= 11 is 0. The van der Waals surface area contributed by atoms with E-state index in [2.05, 4.69) is 182 Å². The van der Waals surface area contributed by atoms with Crippen LogP contribution >= 0.6 is 0 Å². The lowest BCUT2D eigenvalue weighted by Crippen LogP contribution is -1.93. The number of benzene rings is 8. The summed E-state index contributed by atoms with van der Waals surface area (Å²) in [7, 11) is 0. The zero-order valence-corrected chi connectivity index (χ0v) is 24.3. The molecule has 8 rings (SSSR count). The largest absolute Gasteiger partial charge is 0.0622 e. The fourth-order valence-electron chi connectivity index (χ4n) is 6.57. The van der Waals surface area contributed by atoms with E-state index in [0.29, 0.717) is 0 Å². The Morgan fingerprint density at radius 2 is 0.614 bits per heavy atom. The van der Waals surface area contributed by atoms with Crippen molar-refractivity contribution in [2.45, 2.75) is 0 Å². The molecule has 0 heteroatoms. The number of hydrogen-bond acceptors (Lipinski definition) is 0. The molecule has 0 heterocycles. The first kappa shape index (κ1) is 25.9. The minimum atomic E-state index is 1.20. The lowest BCUT2D eigenvalue weighted by molar-refractivity contribution is 1.54. The summed E-state index contributed by atoms with van der Waals surface area (Å²) in [4.78, 5) is 0. The molecule has 206 valence electrons. The molecule has 0 radical (unpaired) electrons. The number of hydrogen-bond donors (Lipinski definition) is 0. The van der Waals surface area contributed by atoms with E-state index in [-0.39, 0.29) is 0 Å². The number of rotatable bonds is 5. The molecule has 0 aromatic heterocycles. The van der Waals surface area contributed by atoms with E-state index in [1.54, 1.807) is 0 Å². The van der Waals surface area contributed by atoms with E-state index in [0.717, 1.165) is 0 Å². The van der Waals surface area contributed by atoms with Gasteiger partial charge in [0.1, 0.15) is 0 Å². The van der Waals surface area contributed by atoms with E-state index in [4.69, 9.17) is 0 Å². The van der Waals surface area contributed by atoms with Gasteiger partial charge < -0.3 is 0 Å². The summed E-state index contributed by atoms with van der Waals surface area (Å²) in [5.41, 5.74) is 12.3. The monoisotopic (exact) mass is 558 g/mol. The number of fused-ring (bicyclic) bond motifs is 2. The summed E-state index contributed by atoms with van der Waals surface area (Å²) in [6.45, 7) is 0. The van der Waals surface area contributed by atoms with Crippen molar-refractivity contribution in [3.63, 3.8) is 0 Å². The zero-order chi connectivity index (χ0) is 29.3. The summed E-state index contributed by atoms with van der Waals surface area (Å²) in [5.74, 6) is 0. The van der Waals surface area contributed by atoms with Crippen LogP contribution in [0.3, 0.4) is 0 Å². The second-order valence-electron chi connectivity index (χ2n) is 11.3. The van der Waals surface area contributed by atoms with Gasteiger partial charge in [0.15, 0.2) is 0 Å². The summed E-state index contributed by atoms with van der Waals surface area (Å²) in [6, 6.07) is 66.0. The SMILES string of the molecule is c1ccc(-c2cc(-c3ccccc3)c(-c3ccc(-c4c5ccccc5cc5ccccc45)cc3)c(-c3ccccc3)c2)cc1. The third-order valence-corrected chi connectivity index (χ3v) is 8.65. The highest BCUT2D eigenvalue weighted by molar-refractivity contribution is 6.12. The fraction of sp³-hybridized carbons (Fsp3) is 0. The van der Waals surface area contributed by atoms with Crippen LogP contribution in [0, 0.1) is 0 Å². The molecule has 0 aliphatic heterocycles. The predicted octanol–water partition coefficient (Wildman–Crippen LogP) is 12.3. The highest BCUT2D eigenvalue weighted by Crippen LogP contribution is 2.44. The van der Waals surface area contributed by atoms with Crippen molar-refractivity contribution in [3.05, 3.63) is 182 Å². The average Bonchev–Trinajstić information content (AvgIpc) is 3.11. The fourth-order valence-corrected chi connectivity index (χ4v) is 6.57. The Kier molecular flexibility index (Phi) is 6.59. The standard InChI is InChI=1S/C44H30/c1-4-14-31(15-5-1)38-29-41(32-16-6-2-7-17-32)44(42(30-38)33-18-8-3-9-19-33)35-26-24-34(25-27-35)43-39-22-12-10-20-36(39)28-37-21-11-13-23-40(37)43/h1-30H. The first-order chi connectivity index (χ1) is 21.8. The lowest BCUT2D eigenvalue weighted by atomic mass is 9.84. The van der Waals surface area contributed by atoms with Crippen LogP contribution in [0.5, 0.6) is 0 Å². The van der Waals surface area contributed by atoms with Crippen molar-refractivity contribution in [2.75, 3.05) is 0 Å². The van der Waals surface area contributed by atoms with Crippen LogP contribution in [0.1, 0.15) is 0 Å². The molecule has 0 bridgehead atoms. The summed E-state index contributed by atoms with van der Waals surface area (Å²) in [5, 5.41) is 5.08. The zero-order valence-electron chi connectivity index (χ0n) is 24.3. The van der Waals surface area contributed by atoms with Crippen molar-refractivity contribution < 1.29 is 0 Å². The van der Waals surface area contributed by atoms with E-state index in [9.17, 15) is 0 Å². The van der Waals surface area contributed by atoms with E-state index in [1.165, 1.54) is 77.2 Å². The normalized spacial score (nSPS) is 11.2. The van der Waals surface area contributed by atoms with Gasteiger partial charge >= 0.3 is 0 Å². The van der Waals surface area contributed by atoms with Gasteiger partial charge in [0.2, 0.25) is 0 Å². The van der Waals surface area contributed by atoms with Crippen molar-refractivity contribution >= 4 is 21.5 Å².